The van der Waals surface area contributed by atoms with E-state index in [1.54, 1.807) is 6.92 Å². The van der Waals surface area contributed by atoms with Crippen molar-refractivity contribution in [1.29, 1.82) is 0 Å². The first-order valence-corrected chi connectivity index (χ1v) is 7.75. The summed E-state index contributed by atoms with van der Waals surface area (Å²) in [6, 6.07) is 5.64. The predicted octanol–water partition coefficient (Wildman–Crippen LogP) is 2.99. The van der Waals surface area contributed by atoms with E-state index in [0.29, 0.717) is 23.2 Å². The Kier molecular flexibility index (Phi) is 7.54. The summed E-state index contributed by atoms with van der Waals surface area (Å²) >= 11 is 6.21. The highest BCUT2D eigenvalue weighted by molar-refractivity contribution is 6.32. The number of amides is 1. The molecular formula is C16H25ClN2O2. The molecule has 0 aromatic heterocycles. The molecule has 1 atom stereocenters. The zero-order valence-corrected chi connectivity index (χ0v) is 14.0. The number of carbonyl (C=O) groups is 1. The molecule has 0 bridgehead atoms. The normalized spacial score (nSPS) is 12.3. The van der Waals surface area contributed by atoms with Crippen molar-refractivity contribution in [3.63, 3.8) is 0 Å². The Balaban J connectivity index is 2.59. The van der Waals surface area contributed by atoms with Crippen molar-refractivity contribution in [2.24, 2.45) is 5.92 Å². The average molecular weight is 313 g/mol. The van der Waals surface area contributed by atoms with E-state index in [9.17, 15) is 4.79 Å². The van der Waals surface area contributed by atoms with Crippen LogP contribution >= 0.6 is 11.6 Å². The Hall–Kier alpha value is -1.26. The zero-order valence-electron chi connectivity index (χ0n) is 13.2. The first-order valence-electron chi connectivity index (χ1n) is 7.37. The van der Waals surface area contributed by atoms with Crippen LogP contribution in [-0.4, -0.2) is 25.1 Å². The Morgan fingerprint density at radius 1 is 1.33 bits per heavy atom. The van der Waals surface area contributed by atoms with E-state index in [2.05, 4.69) is 24.5 Å². The summed E-state index contributed by atoms with van der Waals surface area (Å²) in [5.41, 5.74) is 1.10. The molecule has 0 radical (unpaired) electrons. The van der Waals surface area contributed by atoms with Gasteiger partial charge in [0.2, 0.25) is 0 Å². The summed E-state index contributed by atoms with van der Waals surface area (Å²) < 4.78 is 5.59. The summed E-state index contributed by atoms with van der Waals surface area (Å²) in [5.74, 6) is 1.00. The van der Waals surface area contributed by atoms with Gasteiger partial charge in [-0.1, -0.05) is 31.5 Å². The molecule has 1 rings (SSSR count). The highest BCUT2D eigenvalue weighted by Gasteiger charge is 2.15. The van der Waals surface area contributed by atoms with Crippen LogP contribution in [0.25, 0.3) is 0 Å². The molecule has 0 spiro atoms. The summed E-state index contributed by atoms with van der Waals surface area (Å²) in [6.45, 7) is 10.2. The highest BCUT2D eigenvalue weighted by atomic mass is 35.5. The number of benzene rings is 1. The summed E-state index contributed by atoms with van der Waals surface area (Å²) in [4.78, 5) is 11.6. The van der Waals surface area contributed by atoms with Crippen LogP contribution in [0.3, 0.4) is 0 Å². The maximum atomic E-state index is 11.6. The van der Waals surface area contributed by atoms with Gasteiger partial charge in [-0.05, 0) is 44.0 Å². The van der Waals surface area contributed by atoms with Crippen LogP contribution in [0.5, 0.6) is 5.75 Å². The van der Waals surface area contributed by atoms with Gasteiger partial charge >= 0.3 is 0 Å². The van der Waals surface area contributed by atoms with Crippen molar-refractivity contribution >= 4 is 17.5 Å². The molecule has 1 aromatic carbocycles. The van der Waals surface area contributed by atoms with Gasteiger partial charge in [0.1, 0.15) is 5.75 Å². The van der Waals surface area contributed by atoms with Gasteiger partial charge in [0.05, 0.1) is 5.02 Å². The minimum absolute atomic E-state index is 0.142. The number of likely N-dealkylation sites (N-methyl/N-ethyl adjacent to an activating group) is 1. The summed E-state index contributed by atoms with van der Waals surface area (Å²) in [6.07, 6.45) is -0.563. The standard InChI is InChI=1S/C16H25ClN2O2/c1-5-19-16(20)12(4)21-15-7-6-13(8-14(15)17)10-18-9-11(2)3/h6-8,11-12,18H,5,9-10H2,1-4H3,(H,19,20). The van der Waals surface area contributed by atoms with Gasteiger partial charge in [0.15, 0.2) is 6.10 Å². The highest BCUT2D eigenvalue weighted by Crippen LogP contribution is 2.26. The third kappa shape index (κ3) is 6.36. The molecule has 0 aliphatic heterocycles. The lowest BCUT2D eigenvalue weighted by Crippen LogP contribution is -2.36. The Morgan fingerprint density at radius 2 is 2.05 bits per heavy atom. The molecule has 0 heterocycles. The smallest absolute Gasteiger partial charge is 0.260 e. The lowest BCUT2D eigenvalue weighted by atomic mass is 10.2. The second kappa shape index (κ2) is 8.90. The quantitative estimate of drug-likeness (QED) is 0.776. The molecule has 1 unspecified atom stereocenters. The Labute approximate surface area is 132 Å². The number of carbonyl (C=O) groups excluding carboxylic acids is 1. The third-order valence-electron chi connectivity index (χ3n) is 2.90. The van der Waals surface area contributed by atoms with E-state index < -0.39 is 6.10 Å². The van der Waals surface area contributed by atoms with Crippen LogP contribution in [-0.2, 0) is 11.3 Å². The van der Waals surface area contributed by atoms with Crippen molar-refractivity contribution in [3.05, 3.63) is 28.8 Å². The van der Waals surface area contributed by atoms with Crippen molar-refractivity contribution < 1.29 is 9.53 Å². The van der Waals surface area contributed by atoms with Crippen LogP contribution in [0.4, 0.5) is 0 Å². The van der Waals surface area contributed by atoms with Gasteiger partial charge in [-0.15, -0.1) is 0 Å². The molecule has 2 N–H and O–H groups in total. The van der Waals surface area contributed by atoms with E-state index in [-0.39, 0.29) is 5.91 Å². The first kappa shape index (κ1) is 17.8. The van der Waals surface area contributed by atoms with Gasteiger partial charge in [-0.25, -0.2) is 0 Å². The topological polar surface area (TPSA) is 50.4 Å². The molecule has 118 valence electrons. The van der Waals surface area contributed by atoms with Gasteiger partial charge in [0.25, 0.3) is 5.91 Å². The maximum absolute atomic E-state index is 11.6. The number of hydrogen-bond donors (Lipinski definition) is 2. The average Bonchev–Trinajstić information content (AvgIpc) is 2.41. The van der Waals surface area contributed by atoms with Crippen LogP contribution < -0.4 is 15.4 Å². The first-order chi connectivity index (χ1) is 9.93. The number of nitrogens with one attached hydrogen (secondary N) is 2. The number of ether oxygens (including phenoxy) is 1. The SMILES string of the molecule is CCNC(=O)C(C)Oc1ccc(CNCC(C)C)cc1Cl. The molecule has 0 saturated carbocycles. The Morgan fingerprint density at radius 3 is 2.62 bits per heavy atom. The fourth-order valence-corrected chi connectivity index (χ4v) is 2.06. The summed E-state index contributed by atoms with van der Waals surface area (Å²) in [7, 11) is 0. The third-order valence-corrected chi connectivity index (χ3v) is 3.20. The van der Waals surface area contributed by atoms with Crippen molar-refractivity contribution in [1.82, 2.24) is 10.6 Å². The lowest BCUT2D eigenvalue weighted by Gasteiger charge is -2.16. The molecule has 21 heavy (non-hydrogen) atoms. The number of halogens is 1. The van der Waals surface area contributed by atoms with Crippen LogP contribution in [0.1, 0.15) is 33.3 Å². The minimum atomic E-state index is -0.563. The van der Waals surface area contributed by atoms with Crippen molar-refractivity contribution in [2.45, 2.75) is 40.3 Å². The zero-order chi connectivity index (χ0) is 15.8. The second-order valence-corrected chi connectivity index (χ2v) is 5.85. The number of rotatable bonds is 8. The van der Waals surface area contributed by atoms with E-state index >= 15 is 0 Å². The minimum Gasteiger partial charge on any atom is -0.479 e. The van der Waals surface area contributed by atoms with Gasteiger partial charge < -0.3 is 15.4 Å². The van der Waals surface area contributed by atoms with Crippen LogP contribution in [0.2, 0.25) is 5.02 Å². The van der Waals surface area contributed by atoms with E-state index in [4.69, 9.17) is 16.3 Å². The van der Waals surface area contributed by atoms with Crippen LogP contribution in [0, 0.1) is 5.92 Å². The predicted molar refractivity (Wildman–Crippen MR) is 86.8 cm³/mol. The molecular weight excluding hydrogens is 288 g/mol. The van der Waals surface area contributed by atoms with Gasteiger partial charge in [0, 0.05) is 13.1 Å². The monoisotopic (exact) mass is 312 g/mol. The fourth-order valence-electron chi connectivity index (χ4n) is 1.82. The molecule has 0 aliphatic rings. The van der Waals surface area contributed by atoms with Gasteiger partial charge in [-0.3, -0.25) is 4.79 Å². The molecule has 0 saturated heterocycles. The maximum Gasteiger partial charge on any atom is 0.260 e. The van der Waals surface area contributed by atoms with E-state index in [1.807, 2.05) is 25.1 Å². The second-order valence-electron chi connectivity index (χ2n) is 5.44. The molecule has 5 heteroatoms. The molecule has 0 aliphatic carbocycles. The molecule has 4 nitrogen and oxygen atoms in total. The Bertz CT molecular complexity index is 464. The van der Waals surface area contributed by atoms with Gasteiger partial charge in [-0.2, -0.15) is 0 Å². The lowest BCUT2D eigenvalue weighted by molar-refractivity contribution is -0.127. The molecule has 0 fully saturated rings. The van der Waals surface area contributed by atoms with E-state index in [0.717, 1.165) is 18.7 Å². The van der Waals surface area contributed by atoms with Crippen molar-refractivity contribution in [2.75, 3.05) is 13.1 Å². The van der Waals surface area contributed by atoms with Crippen LogP contribution in [0.15, 0.2) is 18.2 Å². The van der Waals surface area contributed by atoms with Crippen molar-refractivity contribution in [3.8, 4) is 5.75 Å². The largest absolute Gasteiger partial charge is 0.479 e. The molecule has 1 amide bonds. The fraction of sp³-hybridized carbons (Fsp3) is 0.562. The summed E-state index contributed by atoms with van der Waals surface area (Å²) in [5, 5.41) is 6.60. The molecule has 1 aromatic rings. The number of hydrogen-bond acceptors (Lipinski definition) is 3. The van der Waals surface area contributed by atoms with E-state index in [1.165, 1.54) is 0 Å².